The average molecular weight is 544 g/mol. The van der Waals surface area contributed by atoms with Crippen LogP contribution in [-0.2, 0) is 10.2 Å². The standard InChI is InChI=1S/C31H42N8O/c1-21(2)23-14-28(38-35-16-23)37-27-7-6-25-26(36-27)15-24(17-34-25)29(4,22(3)32)18-33-12-5-13-39-19-30(8-9-30)40-31(20-39)10-11-31/h6-7,14-17,21,32-33H,5,8-13,18-20H2,1-4H3,(H,36,37,38)/p+1. The van der Waals surface area contributed by atoms with Crippen molar-refractivity contribution in [2.75, 3.05) is 38.0 Å². The van der Waals surface area contributed by atoms with Gasteiger partial charge in [-0.2, -0.15) is 5.10 Å². The number of morpholine rings is 1. The molecule has 9 heteroatoms. The van der Waals surface area contributed by atoms with Crippen LogP contribution in [0.5, 0.6) is 0 Å². The van der Waals surface area contributed by atoms with Crippen LogP contribution < -0.4 is 16.0 Å². The van der Waals surface area contributed by atoms with Gasteiger partial charge >= 0.3 is 0 Å². The summed E-state index contributed by atoms with van der Waals surface area (Å²) in [5.41, 5.74) is 4.71. The highest BCUT2D eigenvalue weighted by Crippen LogP contribution is 2.54. The molecule has 9 nitrogen and oxygen atoms in total. The summed E-state index contributed by atoms with van der Waals surface area (Å²) in [5.74, 6) is 1.76. The minimum absolute atomic E-state index is 0.185. The number of rotatable bonds is 11. The number of hydrogen-bond donors (Lipinski definition) is 3. The fourth-order valence-corrected chi connectivity index (χ4v) is 5.86. The molecule has 3 aromatic rings. The highest BCUT2D eigenvalue weighted by Gasteiger charge is 2.59. The van der Waals surface area contributed by atoms with Crippen LogP contribution in [0.3, 0.4) is 0 Å². The molecule has 40 heavy (non-hydrogen) atoms. The van der Waals surface area contributed by atoms with E-state index >= 15 is 0 Å². The van der Waals surface area contributed by atoms with Gasteiger partial charge in [-0.3, -0.25) is 15.3 Å². The lowest BCUT2D eigenvalue weighted by molar-refractivity contribution is -0.122. The molecule has 1 atom stereocenters. The molecule has 3 aliphatic rings. The van der Waals surface area contributed by atoms with Crippen LogP contribution in [-0.4, -0.2) is 74.7 Å². The number of pyridine rings is 2. The van der Waals surface area contributed by atoms with Gasteiger partial charge in [-0.25, -0.2) is 4.98 Å². The van der Waals surface area contributed by atoms with Gasteiger partial charge in [-0.1, -0.05) is 13.8 Å². The van der Waals surface area contributed by atoms with Gasteiger partial charge in [0.1, 0.15) is 5.82 Å². The predicted molar refractivity (Wildman–Crippen MR) is 158 cm³/mol. The lowest BCUT2D eigenvalue weighted by Crippen LogP contribution is -2.54. The van der Waals surface area contributed by atoms with Gasteiger partial charge in [0.15, 0.2) is 11.5 Å². The third kappa shape index (κ3) is 5.73. The number of nitrogens with two attached hydrogens (primary N) is 1. The monoisotopic (exact) mass is 543 g/mol. The molecule has 1 aliphatic heterocycles. The summed E-state index contributed by atoms with van der Waals surface area (Å²) in [6, 6.07) is 8.02. The quantitative estimate of drug-likeness (QED) is 0.250. The lowest BCUT2D eigenvalue weighted by Gasteiger charge is -2.39. The largest absolute Gasteiger partial charge is 0.366 e. The summed E-state index contributed by atoms with van der Waals surface area (Å²) < 4.78 is 6.45. The molecule has 2 spiro atoms. The van der Waals surface area contributed by atoms with Crippen LogP contribution in [0.2, 0.25) is 0 Å². The summed E-state index contributed by atoms with van der Waals surface area (Å²) in [6.07, 6.45) is 9.79. The van der Waals surface area contributed by atoms with Crippen LogP contribution >= 0.6 is 0 Å². The van der Waals surface area contributed by atoms with Gasteiger partial charge < -0.3 is 15.4 Å². The van der Waals surface area contributed by atoms with Crippen LogP contribution in [0.4, 0.5) is 11.6 Å². The van der Waals surface area contributed by atoms with E-state index in [9.17, 15) is 0 Å². The number of nitrogens with zero attached hydrogens (tertiary/aromatic N) is 5. The first-order chi connectivity index (χ1) is 19.2. The van der Waals surface area contributed by atoms with E-state index in [0.717, 1.165) is 67.0 Å². The summed E-state index contributed by atoms with van der Waals surface area (Å²) in [4.78, 5) is 12.2. The zero-order valence-electron chi connectivity index (χ0n) is 24.3. The Bertz CT molecular complexity index is 1380. The highest BCUT2D eigenvalue weighted by molar-refractivity contribution is 5.89. The van der Waals surface area contributed by atoms with Crippen LogP contribution in [0, 0.1) is 0 Å². The summed E-state index contributed by atoms with van der Waals surface area (Å²) in [6.45, 7) is 13.5. The van der Waals surface area contributed by atoms with Crippen molar-refractivity contribution >= 4 is 28.4 Å². The molecule has 0 amide bonds. The minimum atomic E-state index is -0.363. The van der Waals surface area contributed by atoms with E-state index < -0.39 is 0 Å². The number of ether oxygens (including phenoxy) is 1. The Balaban J connectivity index is 1.09. The molecule has 0 bridgehead atoms. The first-order valence-corrected chi connectivity index (χ1v) is 14.8. The van der Waals surface area contributed by atoms with E-state index in [1.165, 1.54) is 25.7 Å². The molecule has 0 radical (unpaired) electrons. The molecule has 1 unspecified atom stereocenters. The maximum Gasteiger partial charge on any atom is 0.157 e. The number of anilines is 2. The molecule has 3 fully saturated rings. The summed E-state index contributed by atoms with van der Waals surface area (Å²) >= 11 is 0. The van der Waals surface area contributed by atoms with E-state index in [1.807, 2.05) is 31.3 Å². The molecular formula is C31H43N8O+. The number of nitrogens with one attached hydrogen (secondary N) is 2. The van der Waals surface area contributed by atoms with Crippen LogP contribution in [0.1, 0.15) is 76.8 Å². The fourth-order valence-electron chi connectivity index (χ4n) is 5.86. The van der Waals surface area contributed by atoms with Crippen molar-refractivity contribution < 1.29 is 10.1 Å². The second-order valence-electron chi connectivity index (χ2n) is 12.8. The van der Waals surface area contributed by atoms with Gasteiger partial charge in [-0.15, -0.1) is 5.10 Å². The van der Waals surface area contributed by atoms with Crippen LogP contribution in [0.15, 0.2) is 36.7 Å². The molecule has 3 aromatic heterocycles. The summed E-state index contributed by atoms with van der Waals surface area (Å²) in [7, 11) is 0. The van der Waals surface area contributed by atoms with Gasteiger partial charge in [0.2, 0.25) is 0 Å². The van der Waals surface area contributed by atoms with E-state index in [-0.39, 0.29) is 16.6 Å². The maximum atomic E-state index is 6.50. The molecule has 6 rings (SSSR count). The molecule has 1 saturated heterocycles. The number of fused-ring (bicyclic) bond motifs is 1. The third-order valence-electron chi connectivity index (χ3n) is 9.02. The molecule has 212 valence electrons. The summed E-state index contributed by atoms with van der Waals surface area (Å²) in [5, 5.41) is 21.8. The van der Waals surface area contributed by atoms with Crippen molar-refractivity contribution in [3.05, 3.63) is 47.8 Å². The van der Waals surface area contributed by atoms with Gasteiger partial charge in [0.05, 0.1) is 33.8 Å². The Labute approximate surface area is 237 Å². The normalized spacial score (nSPS) is 20.6. The van der Waals surface area contributed by atoms with Crippen molar-refractivity contribution in [3.63, 3.8) is 0 Å². The zero-order valence-corrected chi connectivity index (χ0v) is 24.3. The van der Waals surface area contributed by atoms with Crippen molar-refractivity contribution in [3.8, 4) is 0 Å². The van der Waals surface area contributed by atoms with E-state index in [0.29, 0.717) is 17.6 Å². The van der Waals surface area contributed by atoms with E-state index in [1.54, 1.807) is 6.20 Å². The molecule has 2 saturated carbocycles. The molecular weight excluding hydrogens is 500 g/mol. The smallest absolute Gasteiger partial charge is 0.157 e. The minimum Gasteiger partial charge on any atom is -0.366 e. The number of hydrogen-bond acceptors (Lipinski definition) is 8. The van der Waals surface area contributed by atoms with Crippen molar-refractivity contribution in [2.24, 2.45) is 0 Å². The molecule has 4 N–H and O–H groups in total. The number of aromatic nitrogens is 4. The van der Waals surface area contributed by atoms with Crippen molar-refractivity contribution in [1.82, 2.24) is 30.4 Å². The first kappa shape index (κ1) is 27.2. The highest BCUT2D eigenvalue weighted by atomic mass is 16.5. The average Bonchev–Trinajstić information content (AvgIpc) is 3.86. The Hall–Kier alpha value is -3.01. The first-order valence-electron chi connectivity index (χ1n) is 14.8. The van der Waals surface area contributed by atoms with E-state index in [4.69, 9.17) is 20.1 Å². The SMILES string of the molecule is CC(=[NH2+])C(C)(CNCCCN1CC2(CC2)OC2(CC2)C1)c1cnc2ccc(Nc3cc(C(C)C)cnn3)nc2c1. The van der Waals surface area contributed by atoms with Crippen molar-refractivity contribution in [1.29, 1.82) is 0 Å². The van der Waals surface area contributed by atoms with Gasteiger partial charge in [0.25, 0.3) is 0 Å². The molecule has 2 aliphatic carbocycles. The second kappa shape index (κ2) is 10.4. The fraction of sp³-hybridized carbons (Fsp3) is 0.581. The van der Waals surface area contributed by atoms with Gasteiger partial charge in [-0.05, 0) is 93.4 Å². The maximum absolute atomic E-state index is 6.50. The zero-order chi connectivity index (χ0) is 28.0. The van der Waals surface area contributed by atoms with Gasteiger partial charge in [0, 0.05) is 32.8 Å². The second-order valence-corrected chi connectivity index (χ2v) is 12.8. The van der Waals surface area contributed by atoms with Crippen LogP contribution in [0.25, 0.3) is 11.0 Å². The third-order valence-corrected chi connectivity index (χ3v) is 9.02. The Morgan fingerprint density at radius 3 is 2.50 bits per heavy atom. The van der Waals surface area contributed by atoms with E-state index in [2.05, 4.69) is 52.6 Å². The Kier molecular flexibility index (Phi) is 7.09. The Morgan fingerprint density at radius 1 is 1.07 bits per heavy atom. The molecule has 4 heterocycles. The molecule has 0 aromatic carbocycles. The predicted octanol–water partition coefficient (Wildman–Crippen LogP) is 3.14. The topological polar surface area (TPSA) is 114 Å². The lowest BCUT2D eigenvalue weighted by atomic mass is 9.79. The Morgan fingerprint density at radius 2 is 1.82 bits per heavy atom. The van der Waals surface area contributed by atoms with Crippen molar-refractivity contribution in [2.45, 2.75) is 82.3 Å².